The molecule has 0 spiro atoms. The zero-order valence-electron chi connectivity index (χ0n) is 11.6. The Balaban J connectivity index is 2.19. The van der Waals surface area contributed by atoms with E-state index in [0.717, 1.165) is 16.9 Å². The minimum absolute atomic E-state index is 0.169. The zero-order chi connectivity index (χ0) is 15.1. The Labute approximate surface area is 129 Å². The third-order valence-corrected chi connectivity index (χ3v) is 3.12. The van der Waals surface area contributed by atoms with Gasteiger partial charge in [0, 0.05) is 11.1 Å². The summed E-state index contributed by atoms with van der Waals surface area (Å²) in [5, 5.41) is 9.31. The highest BCUT2D eigenvalue weighted by molar-refractivity contribution is 6.32. The van der Waals surface area contributed by atoms with E-state index in [1.807, 2.05) is 36.4 Å². The van der Waals surface area contributed by atoms with Crippen LogP contribution >= 0.6 is 11.6 Å². The molecule has 0 aliphatic heterocycles. The molecule has 0 amide bonds. The fraction of sp³-hybridized carbons (Fsp3) is 0.176. The molecule has 4 heteroatoms. The number of aliphatic hydroxyl groups excluding tert-OH is 1. The lowest BCUT2D eigenvalue weighted by Crippen LogP contribution is -1.99. The number of hydrogen-bond acceptors (Lipinski definition) is 3. The Morgan fingerprint density at radius 1 is 1.14 bits per heavy atom. The third-order valence-electron chi connectivity index (χ3n) is 2.81. The maximum absolute atomic E-state index is 8.74. The van der Waals surface area contributed by atoms with Gasteiger partial charge in [0.2, 0.25) is 0 Å². The lowest BCUT2D eigenvalue weighted by molar-refractivity contribution is 0.297. The van der Waals surface area contributed by atoms with Gasteiger partial charge < -0.3 is 14.6 Å². The van der Waals surface area contributed by atoms with Crippen LogP contribution in [0.25, 0.3) is 0 Å². The molecule has 0 saturated heterocycles. The maximum atomic E-state index is 8.74. The van der Waals surface area contributed by atoms with Crippen molar-refractivity contribution in [3.8, 4) is 23.3 Å². The van der Waals surface area contributed by atoms with Crippen LogP contribution in [-0.4, -0.2) is 18.8 Å². The first-order valence-corrected chi connectivity index (χ1v) is 6.76. The van der Waals surface area contributed by atoms with Gasteiger partial charge >= 0.3 is 0 Å². The van der Waals surface area contributed by atoms with Crippen molar-refractivity contribution in [2.24, 2.45) is 0 Å². The van der Waals surface area contributed by atoms with Gasteiger partial charge in [0.25, 0.3) is 0 Å². The summed E-state index contributed by atoms with van der Waals surface area (Å²) in [6.45, 7) is 0.152. The van der Waals surface area contributed by atoms with E-state index in [-0.39, 0.29) is 6.61 Å². The van der Waals surface area contributed by atoms with Crippen LogP contribution < -0.4 is 9.47 Å². The first kappa shape index (κ1) is 15.2. The minimum atomic E-state index is -0.169. The molecule has 0 aromatic heterocycles. The predicted molar refractivity (Wildman–Crippen MR) is 82.7 cm³/mol. The third kappa shape index (κ3) is 4.16. The highest BCUT2D eigenvalue weighted by Gasteiger charge is 2.06. The molecule has 0 fully saturated rings. The van der Waals surface area contributed by atoms with E-state index in [1.165, 1.54) is 0 Å². The van der Waals surface area contributed by atoms with Crippen molar-refractivity contribution in [3.05, 3.63) is 58.6 Å². The van der Waals surface area contributed by atoms with Crippen LogP contribution in [0.3, 0.4) is 0 Å². The Hall–Kier alpha value is -2.15. The molecule has 3 nitrogen and oxygen atoms in total. The molecule has 108 valence electrons. The number of rotatable bonds is 4. The van der Waals surface area contributed by atoms with E-state index >= 15 is 0 Å². The average molecular weight is 303 g/mol. The van der Waals surface area contributed by atoms with E-state index in [9.17, 15) is 0 Å². The van der Waals surface area contributed by atoms with E-state index in [2.05, 4.69) is 11.8 Å². The molecule has 2 rings (SSSR count). The molecule has 0 saturated carbocycles. The molecule has 0 aliphatic carbocycles. The van der Waals surface area contributed by atoms with E-state index < -0.39 is 0 Å². The summed E-state index contributed by atoms with van der Waals surface area (Å²) in [6.07, 6.45) is 0. The van der Waals surface area contributed by atoms with Crippen LogP contribution in [0, 0.1) is 11.8 Å². The molecule has 0 heterocycles. The molecule has 1 N–H and O–H groups in total. The molecule has 0 aliphatic rings. The number of hydrogen-bond donors (Lipinski definition) is 1. The van der Waals surface area contributed by atoms with Crippen LogP contribution in [0.2, 0.25) is 5.02 Å². The van der Waals surface area contributed by atoms with E-state index in [4.69, 9.17) is 26.2 Å². The van der Waals surface area contributed by atoms with Crippen LogP contribution in [0.15, 0.2) is 42.5 Å². The Bertz CT molecular complexity index is 671. The second-order valence-electron chi connectivity index (χ2n) is 4.21. The second kappa shape index (κ2) is 7.58. The number of halogens is 1. The Kier molecular flexibility index (Phi) is 5.51. The van der Waals surface area contributed by atoms with Crippen molar-refractivity contribution in [2.75, 3.05) is 13.7 Å². The van der Waals surface area contributed by atoms with Crippen LogP contribution in [-0.2, 0) is 6.61 Å². The van der Waals surface area contributed by atoms with Crippen molar-refractivity contribution < 1.29 is 14.6 Å². The monoisotopic (exact) mass is 302 g/mol. The molecule has 0 atom stereocenters. The number of benzene rings is 2. The quantitative estimate of drug-likeness (QED) is 0.881. The molecule has 21 heavy (non-hydrogen) atoms. The number of methoxy groups -OCH3 is 1. The summed E-state index contributed by atoms with van der Waals surface area (Å²) in [4.78, 5) is 0. The lowest BCUT2D eigenvalue weighted by atomic mass is 10.1. The van der Waals surface area contributed by atoms with Gasteiger partial charge in [-0.1, -0.05) is 35.6 Å². The average Bonchev–Trinajstić information content (AvgIpc) is 2.52. The Morgan fingerprint density at radius 2 is 1.95 bits per heavy atom. The molecule has 2 aromatic carbocycles. The van der Waals surface area contributed by atoms with Gasteiger partial charge in [0.05, 0.1) is 12.1 Å². The van der Waals surface area contributed by atoms with Gasteiger partial charge in [0.1, 0.15) is 24.7 Å². The Morgan fingerprint density at radius 3 is 2.67 bits per heavy atom. The SMILES string of the molecule is COc1ccc(C#CCO)cc1COc1ccccc1Cl. The zero-order valence-corrected chi connectivity index (χ0v) is 12.4. The number of aliphatic hydroxyl groups is 1. The molecule has 0 radical (unpaired) electrons. The van der Waals surface area contributed by atoms with Crippen molar-refractivity contribution in [1.82, 2.24) is 0 Å². The molecule has 0 unspecified atom stereocenters. The summed E-state index contributed by atoms with van der Waals surface area (Å²) in [7, 11) is 1.60. The van der Waals surface area contributed by atoms with Crippen LogP contribution in [0.4, 0.5) is 0 Å². The van der Waals surface area contributed by atoms with E-state index in [0.29, 0.717) is 17.4 Å². The highest BCUT2D eigenvalue weighted by atomic mass is 35.5. The van der Waals surface area contributed by atoms with E-state index in [1.54, 1.807) is 13.2 Å². The second-order valence-corrected chi connectivity index (χ2v) is 4.61. The van der Waals surface area contributed by atoms with Gasteiger partial charge in [-0.25, -0.2) is 0 Å². The minimum Gasteiger partial charge on any atom is -0.496 e. The van der Waals surface area contributed by atoms with Crippen LogP contribution in [0.1, 0.15) is 11.1 Å². The fourth-order valence-electron chi connectivity index (χ4n) is 1.83. The summed E-state index contributed by atoms with van der Waals surface area (Å²) in [6, 6.07) is 12.8. The van der Waals surface area contributed by atoms with Crippen molar-refractivity contribution in [2.45, 2.75) is 6.61 Å². The maximum Gasteiger partial charge on any atom is 0.138 e. The fourth-order valence-corrected chi connectivity index (χ4v) is 2.02. The molecule has 2 aromatic rings. The van der Waals surface area contributed by atoms with Gasteiger partial charge in [-0.05, 0) is 30.3 Å². The summed E-state index contributed by atoms with van der Waals surface area (Å²) in [5.41, 5.74) is 1.66. The van der Waals surface area contributed by atoms with Gasteiger partial charge in [-0.3, -0.25) is 0 Å². The smallest absolute Gasteiger partial charge is 0.138 e. The predicted octanol–water partition coefficient (Wildman–Crippen LogP) is 3.27. The highest BCUT2D eigenvalue weighted by Crippen LogP contribution is 2.26. The topological polar surface area (TPSA) is 38.7 Å². The molecular formula is C17H15ClO3. The van der Waals surface area contributed by atoms with Gasteiger partial charge in [-0.15, -0.1) is 0 Å². The number of para-hydroxylation sites is 1. The normalized spacial score (nSPS) is 9.67. The summed E-state index contributed by atoms with van der Waals surface area (Å²) in [5.74, 6) is 6.81. The van der Waals surface area contributed by atoms with Crippen LogP contribution in [0.5, 0.6) is 11.5 Å². The summed E-state index contributed by atoms with van der Waals surface area (Å²) >= 11 is 6.06. The summed E-state index contributed by atoms with van der Waals surface area (Å²) < 4.78 is 11.0. The molecule has 0 bridgehead atoms. The largest absolute Gasteiger partial charge is 0.496 e. The van der Waals surface area contributed by atoms with Crippen molar-refractivity contribution in [1.29, 1.82) is 0 Å². The first-order chi connectivity index (χ1) is 10.2. The van der Waals surface area contributed by atoms with Gasteiger partial charge in [-0.2, -0.15) is 0 Å². The van der Waals surface area contributed by atoms with Crippen molar-refractivity contribution in [3.63, 3.8) is 0 Å². The molecular weight excluding hydrogens is 288 g/mol. The lowest BCUT2D eigenvalue weighted by Gasteiger charge is -2.11. The van der Waals surface area contributed by atoms with Crippen molar-refractivity contribution >= 4 is 11.6 Å². The standard InChI is InChI=1S/C17H15ClO3/c1-20-16-9-8-13(5-4-10-19)11-14(16)12-21-17-7-3-2-6-15(17)18/h2-3,6-9,11,19H,10,12H2,1H3. The van der Waals surface area contributed by atoms with Gasteiger partial charge in [0.15, 0.2) is 0 Å². The first-order valence-electron chi connectivity index (χ1n) is 6.38. The number of ether oxygens (including phenoxy) is 2.